The highest BCUT2D eigenvalue weighted by Crippen LogP contribution is 2.22. The summed E-state index contributed by atoms with van der Waals surface area (Å²) in [4.78, 5) is 0.113. The molecule has 2 rings (SSSR count). The van der Waals surface area contributed by atoms with Crippen molar-refractivity contribution in [2.24, 2.45) is 0 Å². The molecule has 0 radical (unpaired) electrons. The van der Waals surface area contributed by atoms with E-state index in [1.54, 1.807) is 33.0 Å². The van der Waals surface area contributed by atoms with E-state index in [-0.39, 0.29) is 10.8 Å². The molecule has 0 amide bonds. The van der Waals surface area contributed by atoms with Crippen molar-refractivity contribution in [2.75, 3.05) is 17.1 Å². The summed E-state index contributed by atoms with van der Waals surface area (Å²) in [5.74, 6) is 0.121. The highest BCUT2D eigenvalue weighted by atomic mass is 32.2. The van der Waals surface area contributed by atoms with Crippen molar-refractivity contribution in [1.82, 2.24) is 10.5 Å². The molecule has 0 aliphatic carbocycles. The minimum absolute atomic E-state index is 0.113. The smallest absolute Gasteiger partial charge is 0.264 e. The van der Waals surface area contributed by atoms with Crippen LogP contribution >= 0.6 is 12.2 Å². The molecule has 1 aromatic heterocycles. The second-order valence-electron chi connectivity index (χ2n) is 4.56. The molecule has 0 fully saturated rings. The van der Waals surface area contributed by atoms with Crippen molar-refractivity contribution in [3.05, 3.63) is 35.5 Å². The quantitative estimate of drug-likeness (QED) is 0.733. The average Bonchev–Trinajstić information content (AvgIpc) is 2.79. The Balaban J connectivity index is 2.19. The predicted octanol–water partition coefficient (Wildman–Crippen LogP) is 2.01. The molecule has 7 nitrogen and oxygen atoms in total. The summed E-state index contributed by atoms with van der Waals surface area (Å²) in [6.07, 6.45) is 0. The third-order valence-electron chi connectivity index (χ3n) is 3.03. The molecule has 0 unspecified atom stereocenters. The molecule has 3 N–H and O–H groups in total. The molecule has 9 heteroatoms. The highest BCUT2D eigenvalue weighted by molar-refractivity contribution is 7.92. The molecule has 0 aliphatic heterocycles. The Labute approximate surface area is 134 Å². The van der Waals surface area contributed by atoms with E-state index >= 15 is 0 Å². The Morgan fingerprint density at radius 2 is 1.86 bits per heavy atom. The van der Waals surface area contributed by atoms with Gasteiger partial charge in [0.25, 0.3) is 10.0 Å². The van der Waals surface area contributed by atoms with E-state index in [1.165, 1.54) is 12.1 Å². The topological polar surface area (TPSA) is 96.3 Å². The Kier molecular flexibility index (Phi) is 4.67. The van der Waals surface area contributed by atoms with Crippen molar-refractivity contribution in [1.29, 1.82) is 0 Å². The zero-order valence-corrected chi connectivity index (χ0v) is 13.9. The van der Waals surface area contributed by atoms with Crippen LogP contribution in [0.2, 0.25) is 0 Å². The van der Waals surface area contributed by atoms with Gasteiger partial charge in [0.15, 0.2) is 5.11 Å². The number of rotatable bonds is 4. The van der Waals surface area contributed by atoms with Crippen molar-refractivity contribution < 1.29 is 12.9 Å². The molecule has 0 aliphatic rings. The molecule has 118 valence electrons. The van der Waals surface area contributed by atoms with Gasteiger partial charge in [-0.15, -0.1) is 0 Å². The lowest BCUT2D eigenvalue weighted by Gasteiger charge is -2.09. The normalized spacial score (nSPS) is 11.0. The zero-order chi connectivity index (χ0) is 16.3. The van der Waals surface area contributed by atoms with Gasteiger partial charge in [-0.2, -0.15) is 0 Å². The number of hydrogen-bond acceptors (Lipinski definition) is 5. The maximum Gasteiger partial charge on any atom is 0.264 e. The van der Waals surface area contributed by atoms with Crippen LogP contribution in [-0.4, -0.2) is 25.7 Å². The largest absolute Gasteiger partial charge is 0.366 e. The van der Waals surface area contributed by atoms with Crippen molar-refractivity contribution >= 4 is 38.9 Å². The second kappa shape index (κ2) is 6.32. The molecule has 0 saturated carbocycles. The molecule has 1 aromatic carbocycles. The summed E-state index contributed by atoms with van der Waals surface area (Å²) in [7, 11) is -2.04. The fourth-order valence-corrected chi connectivity index (χ4v) is 2.77. The predicted molar refractivity (Wildman–Crippen MR) is 88.5 cm³/mol. The van der Waals surface area contributed by atoms with Crippen molar-refractivity contribution in [3.8, 4) is 0 Å². The lowest BCUT2D eigenvalue weighted by atomic mass is 10.3. The number of thiocarbonyl (C=S) groups is 1. The van der Waals surface area contributed by atoms with Gasteiger partial charge >= 0.3 is 0 Å². The second-order valence-corrected chi connectivity index (χ2v) is 6.65. The van der Waals surface area contributed by atoms with Crippen LogP contribution in [0.15, 0.2) is 33.7 Å². The number of anilines is 2. The van der Waals surface area contributed by atoms with E-state index in [0.29, 0.717) is 22.1 Å². The van der Waals surface area contributed by atoms with E-state index in [0.717, 1.165) is 0 Å². The minimum atomic E-state index is -3.73. The summed E-state index contributed by atoms with van der Waals surface area (Å²) in [6.45, 7) is 3.47. The first-order chi connectivity index (χ1) is 10.3. The Hall–Kier alpha value is -2.13. The maximum absolute atomic E-state index is 12.3. The van der Waals surface area contributed by atoms with Crippen LogP contribution < -0.4 is 15.4 Å². The van der Waals surface area contributed by atoms with Crippen LogP contribution in [0.3, 0.4) is 0 Å². The van der Waals surface area contributed by atoms with Crippen LogP contribution in [0.1, 0.15) is 11.3 Å². The fourth-order valence-electron chi connectivity index (χ4n) is 1.60. The van der Waals surface area contributed by atoms with Crippen molar-refractivity contribution in [2.45, 2.75) is 18.7 Å². The van der Waals surface area contributed by atoms with Crippen LogP contribution in [0.25, 0.3) is 0 Å². The van der Waals surface area contributed by atoms with Crippen LogP contribution in [0, 0.1) is 13.8 Å². The summed E-state index contributed by atoms with van der Waals surface area (Å²) in [6, 6.07) is 6.19. The van der Waals surface area contributed by atoms with Gasteiger partial charge in [0.1, 0.15) is 0 Å². The number of benzene rings is 1. The first-order valence-electron chi connectivity index (χ1n) is 6.38. The standard InChI is InChI=1S/C13H16N4O3S2/c1-8-9(2)16-20-12(8)17-22(18,19)11-6-4-10(5-7-11)15-13(21)14-3/h4-7,17H,1-3H3,(H2,14,15,21). The number of hydrogen-bond donors (Lipinski definition) is 3. The maximum atomic E-state index is 12.3. The fraction of sp³-hybridized carbons (Fsp3) is 0.231. The van der Waals surface area contributed by atoms with E-state index < -0.39 is 10.0 Å². The van der Waals surface area contributed by atoms with Crippen LogP contribution in [-0.2, 0) is 10.0 Å². The van der Waals surface area contributed by atoms with Crippen molar-refractivity contribution in [3.63, 3.8) is 0 Å². The molecule has 0 atom stereocenters. The molecule has 0 spiro atoms. The van der Waals surface area contributed by atoms with Gasteiger partial charge in [0, 0.05) is 18.3 Å². The lowest BCUT2D eigenvalue weighted by Crippen LogP contribution is -2.24. The first-order valence-corrected chi connectivity index (χ1v) is 8.27. The van der Waals surface area contributed by atoms with Gasteiger partial charge in [0.05, 0.1) is 10.6 Å². The Morgan fingerprint density at radius 3 is 2.36 bits per heavy atom. The molecule has 1 heterocycles. The third kappa shape index (κ3) is 3.55. The molecular formula is C13H16N4O3S2. The van der Waals surface area contributed by atoms with E-state index in [1.807, 2.05) is 0 Å². The minimum Gasteiger partial charge on any atom is -0.366 e. The monoisotopic (exact) mass is 340 g/mol. The molecule has 22 heavy (non-hydrogen) atoms. The highest BCUT2D eigenvalue weighted by Gasteiger charge is 2.19. The molecule has 0 saturated heterocycles. The number of aromatic nitrogens is 1. The Morgan fingerprint density at radius 1 is 1.23 bits per heavy atom. The van der Waals surface area contributed by atoms with E-state index in [2.05, 4.69) is 20.5 Å². The number of nitrogens with one attached hydrogen (secondary N) is 3. The van der Waals surface area contributed by atoms with E-state index in [9.17, 15) is 8.42 Å². The Bertz CT molecular complexity index is 782. The summed E-state index contributed by atoms with van der Waals surface area (Å²) < 4.78 is 31.9. The third-order valence-corrected chi connectivity index (χ3v) is 4.69. The van der Waals surface area contributed by atoms with Gasteiger partial charge in [0.2, 0.25) is 5.88 Å². The average molecular weight is 340 g/mol. The van der Waals surface area contributed by atoms with Gasteiger partial charge in [-0.3, -0.25) is 0 Å². The van der Waals surface area contributed by atoms with Gasteiger partial charge in [-0.25, -0.2) is 13.1 Å². The van der Waals surface area contributed by atoms with Gasteiger partial charge in [-0.05, 0) is 50.3 Å². The molecular weight excluding hydrogens is 324 g/mol. The lowest BCUT2D eigenvalue weighted by molar-refractivity contribution is 0.430. The SMILES string of the molecule is CNC(=S)Nc1ccc(S(=O)(=O)Nc2onc(C)c2C)cc1. The first kappa shape index (κ1) is 16.2. The zero-order valence-electron chi connectivity index (χ0n) is 12.3. The molecule has 0 bridgehead atoms. The summed E-state index contributed by atoms with van der Waals surface area (Å²) >= 11 is 4.97. The van der Waals surface area contributed by atoms with Gasteiger partial charge in [-0.1, -0.05) is 5.16 Å². The number of aryl methyl sites for hydroxylation is 1. The van der Waals surface area contributed by atoms with Gasteiger partial charge < -0.3 is 15.2 Å². The van der Waals surface area contributed by atoms with Crippen LogP contribution in [0.5, 0.6) is 0 Å². The summed E-state index contributed by atoms with van der Waals surface area (Å²) in [5.41, 5.74) is 1.98. The van der Waals surface area contributed by atoms with E-state index in [4.69, 9.17) is 16.7 Å². The molecule has 2 aromatic rings. The summed E-state index contributed by atoms with van der Waals surface area (Å²) in [5, 5.41) is 9.84. The number of sulfonamides is 1. The van der Waals surface area contributed by atoms with Crippen LogP contribution in [0.4, 0.5) is 11.6 Å². The number of nitrogens with zero attached hydrogens (tertiary/aromatic N) is 1.